The number of sulfonamides is 1. The average molecular weight is 508 g/mol. The normalized spacial score (nSPS) is 21.4. The highest BCUT2D eigenvalue weighted by molar-refractivity contribution is 14.1. The predicted octanol–water partition coefficient (Wildman–Crippen LogP) is 3.71. The molecule has 1 aromatic carbocycles. The largest absolute Gasteiger partial charge is 0.444 e. The van der Waals surface area contributed by atoms with Crippen LogP contribution < -0.4 is 4.72 Å². The zero-order chi connectivity index (χ0) is 20.4. The van der Waals surface area contributed by atoms with E-state index >= 15 is 0 Å². The molecule has 8 heteroatoms. The molecule has 1 amide bonds. The maximum atomic E-state index is 12.5. The second-order valence-electron chi connectivity index (χ2n) is 8.19. The Morgan fingerprint density at radius 3 is 2.37 bits per heavy atom. The number of nitrogens with zero attached hydrogens (tertiary/aromatic N) is 1. The Labute approximate surface area is 176 Å². The molecule has 152 valence electrons. The van der Waals surface area contributed by atoms with Crippen LogP contribution >= 0.6 is 22.6 Å². The Morgan fingerprint density at radius 2 is 1.85 bits per heavy atom. The Morgan fingerprint density at radius 1 is 1.26 bits per heavy atom. The number of likely N-dealkylation sites (tertiary alicyclic amines) is 1. The molecule has 0 saturated carbocycles. The van der Waals surface area contributed by atoms with Crippen LogP contribution in [0.3, 0.4) is 0 Å². The van der Waals surface area contributed by atoms with Crippen LogP contribution in [0.2, 0.25) is 0 Å². The summed E-state index contributed by atoms with van der Waals surface area (Å²) < 4.78 is 34.4. The number of piperidine rings is 1. The number of nitrogens with one attached hydrogen (secondary N) is 1. The summed E-state index contributed by atoms with van der Waals surface area (Å²) in [6.45, 7) is 9.59. The summed E-state index contributed by atoms with van der Waals surface area (Å²) >= 11 is 2.25. The molecule has 1 aliphatic heterocycles. The molecule has 0 spiro atoms. The molecule has 0 radical (unpaired) electrons. The number of hydrogen-bond donors (Lipinski definition) is 1. The van der Waals surface area contributed by atoms with E-state index in [4.69, 9.17) is 4.74 Å². The van der Waals surface area contributed by atoms with Gasteiger partial charge in [0.05, 0.1) is 5.25 Å². The number of carbonyl (C=O) groups excluding carboxylic acids is 1. The fourth-order valence-corrected chi connectivity index (χ4v) is 4.31. The Kier molecular flexibility index (Phi) is 7.18. The van der Waals surface area contributed by atoms with E-state index in [9.17, 15) is 13.2 Å². The summed E-state index contributed by atoms with van der Waals surface area (Å²) in [5.41, 5.74) is 0.493. The molecule has 1 saturated heterocycles. The van der Waals surface area contributed by atoms with Gasteiger partial charge in [0.25, 0.3) is 0 Å². The molecule has 0 bridgehead atoms. The van der Waals surface area contributed by atoms with E-state index in [0.29, 0.717) is 13.0 Å². The summed E-state index contributed by atoms with van der Waals surface area (Å²) in [6, 6.07) is 7.71. The van der Waals surface area contributed by atoms with Crippen molar-refractivity contribution in [3.05, 3.63) is 33.4 Å². The molecule has 1 N–H and O–H groups in total. The van der Waals surface area contributed by atoms with Crippen LogP contribution in [0.25, 0.3) is 0 Å². The van der Waals surface area contributed by atoms with E-state index in [0.717, 1.165) is 9.13 Å². The number of amides is 1. The van der Waals surface area contributed by atoms with Crippen molar-refractivity contribution in [1.82, 2.24) is 9.62 Å². The lowest BCUT2D eigenvalue weighted by atomic mass is 9.86. The molecule has 0 aromatic heterocycles. The number of ether oxygens (including phenoxy) is 1. The van der Waals surface area contributed by atoms with Crippen LogP contribution in [-0.4, -0.2) is 49.4 Å². The fraction of sp³-hybridized carbons (Fsp3) is 0.632. The fourth-order valence-electron chi connectivity index (χ4n) is 3.02. The van der Waals surface area contributed by atoms with Gasteiger partial charge in [-0.1, -0.05) is 12.1 Å². The first-order valence-electron chi connectivity index (χ1n) is 9.13. The van der Waals surface area contributed by atoms with E-state index in [1.165, 1.54) is 0 Å². The molecule has 2 rings (SSSR count). The average Bonchev–Trinajstić information content (AvgIpc) is 2.53. The van der Waals surface area contributed by atoms with E-state index in [-0.39, 0.29) is 12.5 Å². The summed E-state index contributed by atoms with van der Waals surface area (Å²) in [5, 5.41) is -0.535. The minimum atomic E-state index is -3.46. The lowest BCUT2D eigenvalue weighted by molar-refractivity contribution is 0.0180. The van der Waals surface area contributed by atoms with Gasteiger partial charge < -0.3 is 9.64 Å². The molecule has 27 heavy (non-hydrogen) atoms. The summed E-state index contributed by atoms with van der Waals surface area (Å²) in [7, 11) is -3.46. The topological polar surface area (TPSA) is 75.7 Å². The van der Waals surface area contributed by atoms with Crippen LogP contribution in [-0.2, 0) is 14.8 Å². The van der Waals surface area contributed by atoms with Gasteiger partial charge in [-0.05, 0) is 81.3 Å². The number of carbonyl (C=O) groups is 1. The van der Waals surface area contributed by atoms with Gasteiger partial charge >= 0.3 is 6.09 Å². The van der Waals surface area contributed by atoms with E-state index < -0.39 is 33.0 Å². The second-order valence-corrected chi connectivity index (χ2v) is 11.7. The summed E-state index contributed by atoms with van der Waals surface area (Å²) in [5.74, 6) is 0.00853. The van der Waals surface area contributed by atoms with E-state index in [1.807, 2.05) is 45.0 Å². The van der Waals surface area contributed by atoms with Crippen LogP contribution in [0.4, 0.5) is 4.79 Å². The van der Waals surface area contributed by atoms with Crippen molar-refractivity contribution in [2.75, 3.05) is 13.1 Å². The van der Waals surface area contributed by atoms with Gasteiger partial charge in [-0.3, -0.25) is 0 Å². The standard InChI is InChI=1S/C19H29IN2O4S/c1-13(2)27(24,25)21-17-12-22(18(23)26-19(3,4)5)11-10-16(17)14-6-8-15(20)9-7-14/h6-9,13,16-17,21H,10-12H2,1-5H3/t16-,17-/m0/s1. The summed E-state index contributed by atoms with van der Waals surface area (Å²) in [4.78, 5) is 14.1. The molecule has 0 unspecified atom stereocenters. The van der Waals surface area contributed by atoms with Gasteiger partial charge in [-0.25, -0.2) is 17.9 Å². The molecular formula is C19H29IN2O4S. The van der Waals surface area contributed by atoms with Crippen molar-refractivity contribution in [2.45, 2.75) is 63.9 Å². The monoisotopic (exact) mass is 508 g/mol. The van der Waals surface area contributed by atoms with Gasteiger partial charge in [0.15, 0.2) is 0 Å². The van der Waals surface area contributed by atoms with Crippen LogP contribution in [0, 0.1) is 3.57 Å². The maximum Gasteiger partial charge on any atom is 0.410 e. The molecule has 2 atom stereocenters. The highest BCUT2D eigenvalue weighted by Gasteiger charge is 2.36. The summed E-state index contributed by atoms with van der Waals surface area (Å²) in [6.07, 6.45) is 0.266. The lowest BCUT2D eigenvalue weighted by Gasteiger charge is -2.39. The molecule has 1 heterocycles. The van der Waals surface area contributed by atoms with Gasteiger partial charge in [-0.15, -0.1) is 0 Å². The first-order valence-corrected chi connectivity index (χ1v) is 11.8. The van der Waals surface area contributed by atoms with Crippen LogP contribution in [0.1, 0.15) is 52.5 Å². The third kappa shape index (κ3) is 6.32. The SMILES string of the molecule is CC(C)S(=O)(=O)N[C@H]1CN(C(=O)OC(C)(C)C)CC[C@H]1c1ccc(I)cc1. The van der Waals surface area contributed by atoms with Crippen molar-refractivity contribution < 1.29 is 17.9 Å². The lowest BCUT2D eigenvalue weighted by Crippen LogP contribution is -2.54. The first kappa shape index (κ1) is 22.4. The van der Waals surface area contributed by atoms with Crippen LogP contribution in [0.15, 0.2) is 24.3 Å². The van der Waals surface area contributed by atoms with E-state index in [2.05, 4.69) is 27.3 Å². The first-order chi connectivity index (χ1) is 12.4. The Bertz CT molecular complexity index is 757. The minimum Gasteiger partial charge on any atom is -0.444 e. The van der Waals surface area contributed by atoms with Gasteiger partial charge in [0.2, 0.25) is 10.0 Å². The molecule has 1 aliphatic rings. The zero-order valence-electron chi connectivity index (χ0n) is 16.5. The molecule has 1 aromatic rings. The highest BCUT2D eigenvalue weighted by Crippen LogP contribution is 2.30. The number of benzene rings is 1. The third-order valence-corrected chi connectivity index (χ3v) is 7.09. The van der Waals surface area contributed by atoms with Crippen molar-refractivity contribution in [3.8, 4) is 0 Å². The Balaban J connectivity index is 2.25. The number of rotatable bonds is 4. The minimum absolute atomic E-state index is 0.00853. The maximum absolute atomic E-state index is 12.5. The van der Waals surface area contributed by atoms with Crippen molar-refractivity contribution >= 4 is 38.7 Å². The molecular weight excluding hydrogens is 479 g/mol. The van der Waals surface area contributed by atoms with Gasteiger partial charge in [0, 0.05) is 28.6 Å². The Hall–Kier alpha value is -0.870. The van der Waals surface area contributed by atoms with E-state index in [1.54, 1.807) is 18.7 Å². The van der Waals surface area contributed by atoms with Gasteiger partial charge in [-0.2, -0.15) is 0 Å². The predicted molar refractivity (Wildman–Crippen MR) is 115 cm³/mol. The van der Waals surface area contributed by atoms with Crippen molar-refractivity contribution in [3.63, 3.8) is 0 Å². The smallest absolute Gasteiger partial charge is 0.410 e. The highest BCUT2D eigenvalue weighted by atomic mass is 127. The molecule has 1 fully saturated rings. The quantitative estimate of drug-likeness (QED) is 0.630. The van der Waals surface area contributed by atoms with Gasteiger partial charge in [0.1, 0.15) is 5.60 Å². The third-order valence-electron chi connectivity index (χ3n) is 4.50. The number of halogens is 1. The van der Waals surface area contributed by atoms with Crippen LogP contribution in [0.5, 0.6) is 0 Å². The van der Waals surface area contributed by atoms with Crippen molar-refractivity contribution in [2.24, 2.45) is 0 Å². The molecule has 6 nitrogen and oxygen atoms in total. The second kappa shape index (κ2) is 8.65. The molecule has 0 aliphatic carbocycles. The number of hydrogen-bond acceptors (Lipinski definition) is 4. The van der Waals surface area contributed by atoms with Crippen molar-refractivity contribution in [1.29, 1.82) is 0 Å². The zero-order valence-corrected chi connectivity index (χ0v) is 19.5.